The Morgan fingerprint density at radius 3 is 2.24 bits per heavy atom. The highest BCUT2D eigenvalue weighted by molar-refractivity contribution is 9.11. The minimum atomic E-state index is -0.935. The van der Waals surface area contributed by atoms with Crippen molar-refractivity contribution in [1.29, 1.82) is 0 Å². The summed E-state index contributed by atoms with van der Waals surface area (Å²) in [6.07, 6.45) is 1.25. The molecule has 192 valence electrons. The molecule has 1 aliphatic heterocycles. The number of nitrogens with zero attached hydrogens (tertiary/aromatic N) is 3. The van der Waals surface area contributed by atoms with E-state index >= 15 is 0 Å². The number of urea groups is 1. The molecule has 0 unspecified atom stereocenters. The Morgan fingerprint density at radius 2 is 1.63 bits per heavy atom. The Morgan fingerprint density at radius 1 is 0.947 bits per heavy atom. The number of nitro benzene ring substituents is 2. The number of nitrogens with one attached hydrogen (secondary N) is 1. The molecular weight excluding hydrogens is 656 g/mol. The second-order valence-electron chi connectivity index (χ2n) is 7.52. The van der Waals surface area contributed by atoms with E-state index in [4.69, 9.17) is 16.3 Å². The molecule has 38 heavy (non-hydrogen) atoms. The summed E-state index contributed by atoms with van der Waals surface area (Å²) in [5, 5.41) is 24.8. The van der Waals surface area contributed by atoms with Gasteiger partial charge in [0.1, 0.15) is 5.57 Å². The monoisotopic (exact) mass is 664 g/mol. The first-order valence-corrected chi connectivity index (χ1v) is 12.2. The van der Waals surface area contributed by atoms with Crippen molar-refractivity contribution in [1.82, 2.24) is 5.32 Å². The Hall–Kier alpha value is -4.14. The quantitative estimate of drug-likeness (QED) is 0.142. The average Bonchev–Trinajstić information content (AvgIpc) is 2.84. The van der Waals surface area contributed by atoms with Crippen molar-refractivity contribution >= 4 is 84.4 Å². The van der Waals surface area contributed by atoms with E-state index in [0.29, 0.717) is 5.56 Å². The summed E-state index contributed by atoms with van der Waals surface area (Å²) in [6, 6.07) is 10.9. The zero-order valence-corrected chi connectivity index (χ0v) is 22.4. The van der Waals surface area contributed by atoms with Gasteiger partial charge in [-0.05, 0) is 79.9 Å². The Labute approximate surface area is 234 Å². The third kappa shape index (κ3) is 5.41. The van der Waals surface area contributed by atoms with Crippen LogP contribution in [0.15, 0.2) is 69.1 Å². The van der Waals surface area contributed by atoms with Gasteiger partial charge in [-0.2, -0.15) is 0 Å². The number of non-ortho nitro benzene ring substituents is 1. The normalized spacial score (nSPS) is 14.4. The number of amides is 4. The zero-order chi connectivity index (χ0) is 27.7. The molecule has 0 atom stereocenters. The lowest BCUT2D eigenvalue weighted by atomic mass is 10.1. The second-order valence-corrected chi connectivity index (χ2v) is 9.66. The van der Waals surface area contributed by atoms with Gasteiger partial charge in [0.25, 0.3) is 17.5 Å². The highest BCUT2D eigenvalue weighted by atomic mass is 79.9. The van der Waals surface area contributed by atoms with E-state index in [1.54, 1.807) is 12.1 Å². The van der Waals surface area contributed by atoms with Crippen molar-refractivity contribution in [3.63, 3.8) is 0 Å². The maximum atomic E-state index is 13.1. The number of hydrogen-bond acceptors (Lipinski definition) is 8. The van der Waals surface area contributed by atoms with E-state index in [-0.39, 0.29) is 36.7 Å². The number of anilines is 1. The molecule has 1 N–H and O–H groups in total. The number of halogens is 3. The third-order valence-corrected chi connectivity index (χ3v) is 6.47. The number of carbonyl (C=O) groups is 3. The van der Waals surface area contributed by atoms with E-state index in [2.05, 4.69) is 37.2 Å². The summed E-state index contributed by atoms with van der Waals surface area (Å²) in [5.74, 6) is -1.97. The SMILES string of the molecule is O=C1NC(=O)N(c2cccc(Cl)c2)C(=O)/C1=C/c1cc(Br)c(Oc2ccc([N+](=O)[O-])cc2[N+](=O)[O-])c(Br)c1. The number of benzene rings is 3. The predicted octanol–water partition coefficient (Wildman–Crippen LogP) is 6.14. The minimum absolute atomic E-state index is 0.0826. The van der Waals surface area contributed by atoms with Gasteiger partial charge in [-0.3, -0.25) is 35.1 Å². The predicted molar refractivity (Wildman–Crippen MR) is 142 cm³/mol. The number of rotatable bonds is 6. The van der Waals surface area contributed by atoms with Gasteiger partial charge in [-0.25, -0.2) is 9.69 Å². The summed E-state index contributed by atoms with van der Waals surface area (Å²) >= 11 is 12.5. The first-order valence-electron chi connectivity index (χ1n) is 10.2. The van der Waals surface area contributed by atoms with Crippen molar-refractivity contribution in [2.75, 3.05) is 4.90 Å². The van der Waals surface area contributed by atoms with Gasteiger partial charge in [0.2, 0.25) is 5.75 Å². The van der Waals surface area contributed by atoms with Crippen LogP contribution in [-0.2, 0) is 9.59 Å². The maximum absolute atomic E-state index is 13.1. The first kappa shape index (κ1) is 26.9. The molecule has 1 saturated heterocycles. The minimum Gasteiger partial charge on any atom is -0.448 e. The van der Waals surface area contributed by atoms with Crippen LogP contribution in [0.4, 0.5) is 21.9 Å². The summed E-state index contributed by atoms with van der Waals surface area (Å²) in [6.45, 7) is 0. The number of carbonyl (C=O) groups excluding carboxylic acids is 3. The van der Waals surface area contributed by atoms with E-state index in [9.17, 15) is 34.6 Å². The lowest BCUT2D eigenvalue weighted by Crippen LogP contribution is -2.54. The molecule has 0 bridgehead atoms. The fraction of sp³-hybridized carbons (Fsp3) is 0. The fourth-order valence-corrected chi connectivity index (χ4v) is 4.96. The zero-order valence-electron chi connectivity index (χ0n) is 18.5. The number of nitro groups is 2. The summed E-state index contributed by atoms with van der Waals surface area (Å²) in [5.41, 5.74) is -0.963. The van der Waals surface area contributed by atoms with Crippen molar-refractivity contribution in [2.45, 2.75) is 0 Å². The second kappa shape index (κ2) is 10.7. The Balaban J connectivity index is 1.69. The summed E-state index contributed by atoms with van der Waals surface area (Å²) < 4.78 is 6.19. The highest BCUT2D eigenvalue weighted by Crippen LogP contribution is 2.42. The van der Waals surface area contributed by atoms with E-state index in [1.165, 1.54) is 30.3 Å². The fourth-order valence-electron chi connectivity index (χ4n) is 3.39. The smallest absolute Gasteiger partial charge is 0.335 e. The van der Waals surface area contributed by atoms with E-state index < -0.39 is 39.1 Å². The van der Waals surface area contributed by atoms with Gasteiger partial charge in [0, 0.05) is 11.1 Å². The van der Waals surface area contributed by atoms with Crippen molar-refractivity contribution < 1.29 is 29.0 Å². The largest absolute Gasteiger partial charge is 0.448 e. The molecule has 3 aromatic carbocycles. The molecule has 4 amide bonds. The van der Waals surface area contributed by atoms with Gasteiger partial charge in [0.15, 0.2) is 5.75 Å². The number of hydrogen-bond donors (Lipinski definition) is 1. The topological polar surface area (TPSA) is 162 Å². The summed E-state index contributed by atoms with van der Waals surface area (Å²) in [4.78, 5) is 59.5. The average molecular weight is 667 g/mol. The molecule has 1 aliphatic rings. The van der Waals surface area contributed by atoms with Gasteiger partial charge >= 0.3 is 11.7 Å². The molecule has 0 saturated carbocycles. The summed E-state index contributed by atoms with van der Waals surface area (Å²) in [7, 11) is 0. The van der Waals surface area contributed by atoms with Crippen molar-refractivity contribution in [3.8, 4) is 11.5 Å². The standard InChI is InChI=1S/C23H11Br2ClN4O8/c24-16-7-11(6-15-21(31)27-23(33)28(22(15)32)13-3-1-2-12(26)9-13)8-17(25)20(16)38-19-5-4-14(29(34)35)10-18(19)30(36)37/h1-10H,(H,27,31,33)/b15-6+. The van der Waals surface area contributed by atoms with Crippen LogP contribution in [0.25, 0.3) is 6.08 Å². The molecule has 4 rings (SSSR count). The number of imide groups is 2. The van der Waals surface area contributed by atoms with Gasteiger partial charge in [-0.15, -0.1) is 0 Å². The van der Waals surface area contributed by atoms with Crippen LogP contribution in [-0.4, -0.2) is 27.7 Å². The number of ether oxygens (including phenoxy) is 1. The molecule has 0 radical (unpaired) electrons. The number of barbiturate groups is 1. The van der Waals surface area contributed by atoms with Gasteiger partial charge in [0.05, 0.1) is 30.5 Å². The van der Waals surface area contributed by atoms with Crippen LogP contribution in [0.5, 0.6) is 11.5 Å². The molecule has 15 heteroatoms. The molecule has 0 aliphatic carbocycles. The maximum Gasteiger partial charge on any atom is 0.335 e. The van der Waals surface area contributed by atoms with Gasteiger partial charge < -0.3 is 4.74 Å². The van der Waals surface area contributed by atoms with Crippen LogP contribution >= 0.6 is 43.5 Å². The lowest BCUT2D eigenvalue weighted by Gasteiger charge is -2.26. The molecule has 1 fully saturated rings. The molecule has 0 spiro atoms. The molecular formula is C23H11Br2ClN4O8. The highest BCUT2D eigenvalue weighted by Gasteiger charge is 2.37. The molecule has 0 aromatic heterocycles. The van der Waals surface area contributed by atoms with Gasteiger partial charge in [-0.1, -0.05) is 17.7 Å². The Bertz CT molecular complexity index is 1570. The van der Waals surface area contributed by atoms with Crippen LogP contribution in [0, 0.1) is 20.2 Å². The van der Waals surface area contributed by atoms with Crippen molar-refractivity contribution in [2.24, 2.45) is 0 Å². The molecule has 1 heterocycles. The Kier molecular flexibility index (Phi) is 7.57. The van der Waals surface area contributed by atoms with Crippen LogP contribution in [0.3, 0.4) is 0 Å². The van der Waals surface area contributed by atoms with Crippen LogP contribution in [0.2, 0.25) is 5.02 Å². The van der Waals surface area contributed by atoms with E-state index in [1.807, 2.05) is 0 Å². The van der Waals surface area contributed by atoms with Crippen LogP contribution < -0.4 is 15.0 Å². The van der Waals surface area contributed by atoms with E-state index in [0.717, 1.165) is 23.1 Å². The third-order valence-electron chi connectivity index (χ3n) is 5.06. The molecule has 12 nitrogen and oxygen atoms in total. The van der Waals surface area contributed by atoms with Crippen molar-refractivity contribution in [3.05, 3.63) is 99.9 Å². The lowest BCUT2D eigenvalue weighted by molar-refractivity contribution is -0.394. The molecule has 3 aromatic rings. The first-order chi connectivity index (χ1) is 18.0. The van der Waals surface area contributed by atoms with Crippen LogP contribution in [0.1, 0.15) is 5.56 Å².